The summed E-state index contributed by atoms with van der Waals surface area (Å²) in [5.41, 5.74) is 1.34. The highest BCUT2D eigenvalue weighted by Crippen LogP contribution is 2.19. The molecule has 3 N–H and O–H groups in total. The van der Waals surface area contributed by atoms with Crippen molar-refractivity contribution in [1.29, 1.82) is 0 Å². The molecule has 7 nitrogen and oxygen atoms in total. The summed E-state index contributed by atoms with van der Waals surface area (Å²) in [5, 5.41) is 20.1. The maximum Gasteiger partial charge on any atom is 0.317 e. The summed E-state index contributed by atoms with van der Waals surface area (Å²) < 4.78 is 0. The van der Waals surface area contributed by atoms with Crippen molar-refractivity contribution in [1.82, 2.24) is 10.2 Å². The van der Waals surface area contributed by atoms with Gasteiger partial charge in [0.05, 0.1) is 19.6 Å². The number of carbonyl (C=O) groups is 3. The molecule has 0 aromatic carbocycles. The monoisotopic (exact) mass is 298 g/mol. The van der Waals surface area contributed by atoms with Crippen LogP contribution in [-0.2, 0) is 14.4 Å². The van der Waals surface area contributed by atoms with Gasteiger partial charge in [-0.15, -0.1) is 0 Å². The van der Waals surface area contributed by atoms with E-state index in [1.807, 2.05) is 0 Å². The normalized spacial score (nSPS) is 14.6. The molecule has 1 aliphatic carbocycles. The third kappa shape index (κ3) is 8.09. The molecule has 0 bridgehead atoms. The molecule has 0 fully saturated rings. The Hall–Kier alpha value is -1.89. The first kappa shape index (κ1) is 17.2. The molecule has 7 heteroatoms. The van der Waals surface area contributed by atoms with Crippen molar-refractivity contribution < 1.29 is 24.6 Å². The lowest BCUT2D eigenvalue weighted by Crippen LogP contribution is -2.42. The van der Waals surface area contributed by atoms with Gasteiger partial charge in [0.15, 0.2) is 0 Å². The summed E-state index contributed by atoms with van der Waals surface area (Å²) in [6.07, 6.45) is 7.56. The predicted octanol–water partition coefficient (Wildman–Crippen LogP) is 0.464. The molecule has 0 radical (unpaired) electrons. The Labute approximate surface area is 123 Å². The average molecular weight is 298 g/mol. The average Bonchev–Trinajstić information content (AvgIpc) is 2.38. The third-order valence-corrected chi connectivity index (χ3v) is 3.24. The van der Waals surface area contributed by atoms with E-state index in [1.54, 1.807) is 0 Å². The molecule has 1 amide bonds. The molecule has 1 rings (SSSR count). The molecule has 0 saturated carbocycles. The van der Waals surface area contributed by atoms with Crippen molar-refractivity contribution in [3.8, 4) is 0 Å². The van der Waals surface area contributed by atoms with Gasteiger partial charge in [-0.25, -0.2) is 0 Å². The van der Waals surface area contributed by atoms with Gasteiger partial charge in [0.2, 0.25) is 5.91 Å². The van der Waals surface area contributed by atoms with E-state index >= 15 is 0 Å². The van der Waals surface area contributed by atoms with Gasteiger partial charge >= 0.3 is 11.9 Å². The molecule has 0 spiro atoms. The maximum absolute atomic E-state index is 11.7. The van der Waals surface area contributed by atoms with Crippen molar-refractivity contribution in [2.75, 3.05) is 26.2 Å². The molecular formula is C14H22N2O5. The van der Waals surface area contributed by atoms with Gasteiger partial charge in [0, 0.05) is 6.54 Å². The Balaban J connectivity index is 2.30. The minimum atomic E-state index is -1.16. The molecule has 0 saturated heterocycles. The molecule has 0 aliphatic heterocycles. The summed E-state index contributed by atoms with van der Waals surface area (Å²) in [6, 6.07) is 0. The molecule has 0 aromatic rings. The second-order valence-corrected chi connectivity index (χ2v) is 5.14. The number of carbonyl (C=O) groups excluding carboxylic acids is 1. The van der Waals surface area contributed by atoms with Crippen molar-refractivity contribution in [2.24, 2.45) is 0 Å². The number of hydrogen-bond acceptors (Lipinski definition) is 4. The molecule has 1 aliphatic rings. The van der Waals surface area contributed by atoms with Gasteiger partial charge in [-0.1, -0.05) is 11.6 Å². The van der Waals surface area contributed by atoms with Gasteiger partial charge in [-0.3, -0.25) is 19.3 Å². The van der Waals surface area contributed by atoms with Crippen LogP contribution < -0.4 is 5.32 Å². The van der Waals surface area contributed by atoms with E-state index in [0.29, 0.717) is 6.54 Å². The van der Waals surface area contributed by atoms with Crippen LogP contribution in [0.4, 0.5) is 0 Å². The second kappa shape index (κ2) is 9.12. The fourth-order valence-corrected chi connectivity index (χ4v) is 2.30. The van der Waals surface area contributed by atoms with Gasteiger partial charge in [-0.2, -0.15) is 0 Å². The zero-order valence-electron chi connectivity index (χ0n) is 12.0. The largest absolute Gasteiger partial charge is 0.480 e. The van der Waals surface area contributed by atoms with Gasteiger partial charge in [-0.05, 0) is 32.1 Å². The predicted molar refractivity (Wildman–Crippen MR) is 75.9 cm³/mol. The topological polar surface area (TPSA) is 107 Å². The Morgan fingerprint density at radius 2 is 1.76 bits per heavy atom. The summed E-state index contributed by atoms with van der Waals surface area (Å²) in [6.45, 7) is -0.661. The Morgan fingerprint density at radius 3 is 2.29 bits per heavy atom. The van der Waals surface area contributed by atoms with E-state index in [9.17, 15) is 14.4 Å². The highest BCUT2D eigenvalue weighted by atomic mass is 16.4. The first-order valence-electron chi connectivity index (χ1n) is 7.08. The molecule has 118 valence electrons. The van der Waals surface area contributed by atoms with Crippen LogP contribution in [0.3, 0.4) is 0 Å². The number of carboxylic acid groups (broad SMARTS) is 2. The third-order valence-electron chi connectivity index (χ3n) is 3.24. The summed E-state index contributed by atoms with van der Waals surface area (Å²) in [4.78, 5) is 34.0. The minimum absolute atomic E-state index is 0.225. The van der Waals surface area contributed by atoms with Crippen LogP contribution in [0.1, 0.15) is 32.1 Å². The summed E-state index contributed by atoms with van der Waals surface area (Å²) in [5.74, 6) is -2.67. The van der Waals surface area contributed by atoms with Crippen LogP contribution in [0.25, 0.3) is 0 Å². The number of amides is 1. The second-order valence-electron chi connectivity index (χ2n) is 5.14. The smallest absolute Gasteiger partial charge is 0.317 e. The first-order chi connectivity index (χ1) is 9.97. The van der Waals surface area contributed by atoms with Crippen molar-refractivity contribution in [2.45, 2.75) is 32.1 Å². The summed E-state index contributed by atoms with van der Waals surface area (Å²) in [7, 11) is 0. The van der Waals surface area contributed by atoms with Crippen LogP contribution >= 0.6 is 0 Å². The van der Waals surface area contributed by atoms with Crippen LogP contribution in [0.15, 0.2) is 11.6 Å². The molecular weight excluding hydrogens is 276 g/mol. The number of hydrogen-bond donors (Lipinski definition) is 3. The van der Waals surface area contributed by atoms with E-state index < -0.39 is 25.0 Å². The highest BCUT2D eigenvalue weighted by Gasteiger charge is 2.16. The number of aliphatic carboxylic acids is 2. The molecule has 21 heavy (non-hydrogen) atoms. The number of rotatable bonds is 9. The molecule has 0 heterocycles. The molecule has 0 unspecified atom stereocenters. The van der Waals surface area contributed by atoms with Crippen molar-refractivity contribution in [3.63, 3.8) is 0 Å². The first-order valence-corrected chi connectivity index (χ1v) is 7.08. The van der Waals surface area contributed by atoms with E-state index in [4.69, 9.17) is 10.2 Å². The number of carboxylic acids is 2. The van der Waals surface area contributed by atoms with Crippen molar-refractivity contribution >= 4 is 17.8 Å². The Bertz CT molecular complexity index is 404. The maximum atomic E-state index is 11.7. The van der Waals surface area contributed by atoms with E-state index in [-0.39, 0.29) is 12.5 Å². The lowest BCUT2D eigenvalue weighted by atomic mass is 9.97. The fourth-order valence-electron chi connectivity index (χ4n) is 2.30. The Morgan fingerprint density at radius 1 is 1.10 bits per heavy atom. The summed E-state index contributed by atoms with van der Waals surface area (Å²) >= 11 is 0. The van der Waals surface area contributed by atoms with Crippen LogP contribution in [0.5, 0.6) is 0 Å². The van der Waals surface area contributed by atoms with Gasteiger partial charge in [0.1, 0.15) is 0 Å². The zero-order valence-corrected chi connectivity index (χ0v) is 12.0. The zero-order chi connectivity index (χ0) is 15.7. The van der Waals surface area contributed by atoms with Crippen LogP contribution in [-0.4, -0.2) is 59.1 Å². The van der Waals surface area contributed by atoms with Crippen LogP contribution in [0.2, 0.25) is 0 Å². The SMILES string of the molecule is O=C(O)CN(CC(=O)O)CC(=O)NCCC1=CCCCC1. The van der Waals surface area contributed by atoms with Crippen molar-refractivity contribution in [3.05, 3.63) is 11.6 Å². The van der Waals surface area contributed by atoms with E-state index in [2.05, 4.69) is 11.4 Å². The Kier molecular flexibility index (Phi) is 7.45. The number of allylic oxidation sites excluding steroid dienone is 1. The highest BCUT2D eigenvalue weighted by molar-refractivity contribution is 5.80. The van der Waals surface area contributed by atoms with Crippen LogP contribution in [0, 0.1) is 0 Å². The van der Waals surface area contributed by atoms with Gasteiger partial charge < -0.3 is 15.5 Å². The molecule has 0 aromatic heterocycles. The number of nitrogens with one attached hydrogen (secondary N) is 1. The van der Waals surface area contributed by atoms with Gasteiger partial charge in [0.25, 0.3) is 0 Å². The quantitative estimate of drug-likeness (QED) is 0.534. The number of nitrogens with zero attached hydrogens (tertiary/aromatic N) is 1. The molecule has 0 atom stereocenters. The lowest BCUT2D eigenvalue weighted by Gasteiger charge is -2.18. The minimum Gasteiger partial charge on any atom is -0.480 e. The fraction of sp³-hybridized carbons (Fsp3) is 0.643. The standard InChI is InChI=1S/C14H22N2O5/c17-12(8-16(9-13(18)19)10-14(20)21)15-7-6-11-4-2-1-3-5-11/h4H,1-3,5-10H2,(H,15,17)(H,18,19)(H,20,21). The van der Waals surface area contributed by atoms with E-state index in [0.717, 1.165) is 24.2 Å². The van der Waals surface area contributed by atoms with E-state index in [1.165, 1.54) is 18.4 Å². The lowest BCUT2D eigenvalue weighted by molar-refractivity contribution is -0.142.